The molecule has 0 aromatic heterocycles. The van der Waals surface area contributed by atoms with Gasteiger partial charge in [-0.2, -0.15) is 0 Å². The van der Waals surface area contributed by atoms with Gasteiger partial charge in [0.25, 0.3) is 5.91 Å². The first-order valence-corrected chi connectivity index (χ1v) is 11.6. The second-order valence-corrected chi connectivity index (χ2v) is 9.05. The predicted molar refractivity (Wildman–Crippen MR) is 124 cm³/mol. The zero-order chi connectivity index (χ0) is 22.3. The Hall–Kier alpha value is -2.41. The molecule has 2 aromatic rings. The van der Waals surface area contributed by atoms with Crippen molar-refractivity contribution in [2.24, 2.45) is 5.92 Å². The second kappa shape index (κ2) is 10.9. The fourth-order valence-electron chi connectivity index (χ4n) is 4.09. The summed E-state index contributed by atoms with van der Waals surface area (Å²) >= 11 is 0. The number of amides is 1. The molecular weight excluding hydrogens is 404 g/mol. The number of nitrogens with zero attached hydrogens (tertiary/aromatic N) is 2. The molecule has 0 spiro atoms. The van der Waals surface area contributed by atoms with Gasteiger partial charge in [0.05, 0.1) is 12.7 Å². The third-order valence-corrected chi connectivity index (χ3v) is 6.06. The van der Waals surface area contributed by atoms with Crippen LogP contribution in [0.15, 0.2) is 54.6 Å². The van der Waals surface area contributed by atoms with E-state index in [9.17, 15) is 9.90 Å². The summed E-state index contributed by atoms with van der Waals surface area (Å²) in [6.45, 7) is 6.26. The summed E-state index contributed by atoms with van der Waals surface area (Å²) in [5, 5.41) is 10.4. The summed E-state index contributed by atoms with van der Waals surface area (Å²) in [5.74, 6) is 1.45. The molecule has 2 unspecified atom stereocenters. The number of para-hydroxylation sites is 1. The Morgan fingerprint density at radius 2 is 1.91 bits per heavy atom. The Bertz CT molecular complexity index is 854. The van der Waals surface area contributed by atoms with Crippen LogP contribution in [0, 0.1) is 12.8 Å². The highest BCUT2D eigenvalue weighted by Crippen LogP contribution is 2.30. The van der Waals surface area contributed by atoms with Crippen LogP contribution in [0.5, 0.6) is 5.75 Å². The van der Waals surface area contributed by atoms with E-state index in [1.54, 1.807) is 0 Å². The van der Waals surface area contributed by atoms with Gasteiger partial charge in [0.1, 0.15) is 18.5 Å². The Labute approximate surface area is 190 Å². The number of rotatable bonds is 10. The van der Waals surface area contributed by atoms with Crippen LogP contribution in [0.2, 0.25) is 0 Å². The summed E-state index contributed by atoms with van der Waals surface area (Å²) in [4.78, 5) is 17.3. The van der Waals surface area contributed by atoms with Crippen molar-refractivity contribution in [2.75, 3.05) is 45.9 Å². The molecule has 6 heteroatoms. The highest BCUT2D eigenvalue weighted by Gasteiger charge is 2.31. The Morgan fingerprint density at radius 1 is 1.16 bits per heavy atom. The summed E-state index contributed by atoms with van der Waals surface area (Å²) < 4.78 is 11.7. The summed E-state index contributed by atoms with van der Waals surface area (Å²) in [6, 6.07) is 17.3. The highest BCUT2D eigenvalue weighted by atomic mass is 16.5. The maximum Gasteiger partial charge on any atom is 0.253 e. The molecule has 2 fully saturated rings. The first kappa shape index (κ1) is 22.8. The van der Waals surface area contributed by atoms with Gasteiger partial charge in [-0.25, -0.2) is 0 Å². The molecule has 2 atom stereocenters. The topological polar surface area (TPSA) is 62.2 Å². The summed E-state index contributed by atoms with van der Waals surface area (Å²) in [7, 11) is 0. The average molecular weight is 439 g/mol. The van der Waals surface area contributed by atoms with Gasteiger partial charge in [-0.15, -0.1) is 0 Å². The fraction of sp³-hybridized carbons (Fsp3) is 0.500. The van der Waals surface area contributed by atoms with E-state index in [2.05, 4.69) is 4.90 Å². The van der Waals surface area contributed by atoms with Gasteiger partial charge in [-0.05, 0) is 49.9 Å². The summed E-state index contributed by atoms with van der Waals surface area (Å²) in [5.41, 5.74) is 1.88. The standard InChI is InChI=1S/C26H34N2O4/c1-20-7-11-22(12-8-20)26(30)28(15-21-9-10-21)18-25-17-27(13-14-31-25)16-23(29)19-32-24-5-3-2-4-6-24/h2-8,11-12,21,23,25,29H,9-10,13-19H2,1H3. The van der Waals surface area contributed by atoms with Crippen LogP contribution in [-0.2, 0) is 4.74 Å². The number of hydrogen-bond acceptors (Lipinski definition) is 5. The van der Waals surface area contributed by atoms with E-state index in [4.69, 9.17) is 9.47 Å². The maximum atomic E-state index is 13.2. The third kappa shape index (κ3) is 6.79. The van der Waals surface area contributed by atoms with Crippen LogP contribution in [0.25, 0.3) is 0 Å². The molecule has 0 radical (unpaired) electrons. The highest BCUT2D eigenvalue weighted by molar-refractivity contribution is 5.94. The number of morpholine rings is 1. The van der Waals surface area contributed by atoms with Gasteiger partial charge < -0.3 is 19.5 Å². The SMILES string of the molecule is Cc1ccc(C(=O)N(CC2CC2)CC2CN(CC(O)COc3ccccc3)CCO2)cc1. The number of hydrogen-bond donors (Lipinski definition) is 1. The van der Waals surface area contributed by atoms with Gasteiger partial charge in [0.15, 0.2) is 0 Å². The number of β-amino-alcohol motifs (C(OH)–C–C–N with tert-alkyl or cyclic N) is 1. The van der Waals surface area contributed by atoms with Crippen molar-refractivity contribution < 1.29 is 19.4 Å². The van der Waals surface area contributed by atoms with Gasteiger partial charge >= 0.3 is 0 Å². The van der Waals surface area contributed by atoms with E-state index >= 15 is 0 Å². The molecule has 2 aromatic carbocycles. The molecule has 6 nitrogen and oxygen atoms in total. The predicted octanol–water partition coefficient (Wildman–Crippen LogP) is 2.99. The van der Waals surface area contributed by atoms with Gasteiger partial charge in [-0.1, -0.05) is 35.9 Å². The van der Waals surface area contributed by atoms with Crippen LogP contribution >= 0.6 is 0 Å². The molecule has 4 rings (SSSR count). The zero-order valence-corrected chi connectivity index (χ0v) is 18.9. The number of aliphatic hydroxyl groups is 1. The van der Waals surface area contributed by atoms with Crippen LogP contribution in [-0.4, -0.2) is 79.0 Å². The number of carbonyl (C=O) groups is 1. The van der Waals surface area contributed by atoms with Crippen LogP contribution in [0.4, 0.5) is 0 Å². The minimum Gasteiger partial charge on any atom is -0.491 e. The third-order valence-electron chi connectivity index (χ3n) is 6.06. The van der Waals surface area contributed by atoms with Crippen molar-refractivity contribution in [3.05, 3.63) is 65.7 Å². The molecule has 1 aliphatic heterocycles. The summed E-state index contributed by atoms with van der Waals surface area (Å²) in [6.07, 6.45) is 1.76. The van der Waals surface area contributed by atoms with E-state index in [0.717, 1.165) is 30.0 Å². The van der Waals surface area contributed by atoms with Gasteiger partial charge in [-0.3, -0.25) is 9.69 Å². The number of aryl methyl sites for hydroxylation is 1. The molecule has 172 valence electrons. The molecular formula is C26H34N2O4. The number of ether oxygens (including phenoxy) is 2. The lowest BCUT2D eigenvalue weighted by Gasteiger charge is -2.36. The Morgan fingerprint density at radius 3 is 2.62 bits per heavy atom. The minimum absolute atomic E-state index is 0.0564. The molecule has 32 heavy (non-hydrogen) atoms. The number of carbonyl (C=O) groups excluding carboxylic acids is 1. The second-order valence-electron chi connectivity index (χ2n) is 9.05. The largest absolute Gasteiger partial charge is 0.491 e. The zero-order valence-electron chi connectivity index (χ0n) is 18.9. The smallest absolute Gasteiger partial charge is 0.253 e. The Kier molecular flexibility index (Phi) is 7.79. The van der Waals surface area contributed by atoms with Gasteiger partial charge in [0.2, 0.25) is 0 Å². The van der Waals surface area contributed by atoms with Crippen molar-refractivity contribution >= 4 is 5.91 Å². The normalized spacial score (nSPS) is 20.0. The van der Waals surface area contributed by atoms with Crippen molar-refractivity contribution in [1.29, 1.82) is 0 Å². The van der Waals surface area contributed by atoms with Crippen LogP contribution in [0.1, 0.15) is 28.8 Å². The quantitative estimate of drug-likeness (QED) is 0.618. The van der Waals surface area contributed by atoms with E-state index in [1.165, 1.54) is 12.8 Å². The van der Waals surface area contributed by atoms with E-state index in [1.807, 2.05) is 66.4 Å². The number of benzene rings is 2. The molecule has 0 bridgehead atoms. The molecule has 1 aliphatic carbocycles. The maximum absolute atomic E-state index is 13.2. The molecule has 1 saturated heterocycles. The molecule has 1 amide bonds. The Balaban J connectivity index is 1.29. The van der Waals surface area contributed by atoms with Crippen molar-refractivity contribution in [1.82, 2.24) is 9.80 Å². The van der Waals surface area contributed by atoms with Crippen molar-refractivity contribution in [3.8, 4) is 5.75 Å². The van der Waals surface area contributed by atoms with Gasteiger partial charge in [0, 0.05) is 38.3 Å². The number of aliphatic hydroxyl groups excluding tert-OH is 1. The molecule has 2 aliphatic rings. The first-order valence-electron chi connectivity index (χ1n) is 11.6. The van der Waals surface area contributed by atoms with Crippen molar-refractivity contribution in [2.45, 2.75) is 32.0 Å². The van der Waals surface area contributed by atoms with Crippen molar-refractivity contribution in [3.63, 3.8) is 0 Å². The first-order chi connectivity index (χ1) is 15.6. The van der Waals surface area contributed by atoms with E-state index < -0.39 is 6.10 Å². The monoisotopic (exact) mass is 438 g/mol. The fourth-order valence-corrected chi connectivity index (χ4v) is 4.09. The van der Waals surface area contributed by atoms with E-state index in [-0.39, 0.29) is 18.6 Å². The minimum atomic E-state index is -0.578. The van der Waals surface area contributed by atoms with E-state index in [0.29, 0.717) is 32.2 Å². The lowest BCUT2D eigenvalue weighted by molar-refractivity contribution is -0.0538. The lowest BCUT2D eigenvalue weighted by atomic mass is 10.1. The molecule has 1 heterocycles. The average Bonchev–Trinajstić information content (AvgIpc) is 3.62. The molecule has 1 N–H and O–H groups in total. The lowest BCUT2D eigenvalue weighted by Crippen LogP contribution is -2.51. The van der Waals surface area contributed by atoms with Crippen LogP contribution < -0.4 is 4.74 Å². The van der Waals surface area contributed by atoms with Crippen LogP contribution in [0.3, 0.4) is 0 Å². The molecule has 1 saturated carbocycles.